The first-order chi connectivity index (χ1) is 7.82. The summed E-state index contributed by atoms with van der Waals surface area (Å²) in [5, 5.41) is 13.5. The van der Waals surface area contributed by atoms with E-state index in [1.807, 2.05) is 13.8 Å². The molecule has 0 radical (unpaired) electrons. The molecule has 5 nitrogen and oxygen atoms in total. The molecule has 1 fully saturated rings. The van der Waals surface area contributed by atoms with Crippen LogP contribution in [0.1, 0.15) is 48.5 Å². The van der Waals surface area contributed by atoms with E-state index in [0.29, 0.717) is 30.1 Å². The van der Waals surface area contributed by atoms with E-state index in [1.165, 1.54) is 0 Å². The number of aromatic nitrogens is 1. The summed E-state index contributed by atoms with van der Waals surface area (Å²) >= 11 is 0. The van der Waals surface area contributed by atoms with Gasteiger partial charge in [0, 0.05) is 5.92 Å². The molecule has 0 bridgehead atoms. The van der Waals surface area contributed by atoms with Crippen molar-refractivity contribution in [3.8, 4) is 0 Å². The molecule has 1 aromatic heterocycles. The zero-order valence-electron chi connectivity index (χ0n) is 10.6. The summed E-state index contributed by atoms with van der Waals surface area (Å²) in [5.74, 6) is 0.648. The SMILES string of the molecule is Cc1noc(C(C)C)c1C(=O)N1CC(C)(O)C1. The number of carbonyl (C=O) groups excluding carboxylic acids is 1. The van der Waals surface area contributed by atoms with Gasteiger partial charge in [-0.05, 0) is 13.8 Å². The molecule has 1 saturated heterocycles. The second-order valence-electron chi connectivity index (χ2n) is 5.32. The molecular weight excluding hydrogens is 220 g/mol. The molecule has 0 atom stereocenters. The number of amides is 1. The van der Waals surface area contributed by atoms with Crippen LogP contribution < -0.4 is 0 Å². The number of rotatable bonds is 2. The maximum Gasteiger partial charge on any atom is 0.259 e. The van der Waals surface area contributed by atoms with Gasteiger partial charge in [-0.15, -0.1) is 0 Å². The lowest BCUT2D eigenvalue weighted by atomic mass is 9.94. The van der Waals surface area contributed by atoms with Crippen LogP contribution in [0.4, 0.5) is 0 Å². The summed E-state index contributed by atoms with van der Waals surface area (Å²) in [7, 11) is 0. The predicted molar refractivity (Wildman–Crippen MR) is 61.9 cm³/mol. The molecule has 0 aliphatic carbocycles. The average Bonchev–Trinajstić information content (AvgIpc) is 2.55. The molecule has 5 heteroatoms. The van der Waals surface area contributed by atoms with Crippen molar-refractivity contribution in [2.24, 2.45) is 0 Å². The monoisotopic (exact) mass is 238 g/mol. The van der Waals surface area contributed by atoms with Gasteiger partial charge in [-0.1, -0.05) is 19.0 Å². The fraction of sp³-hybridized carbons (Fsp3) is 0.667. The summed E-state index contributed by atoms with van der Waals surface area (Å²) < 4.78 is 5.19. The maximum absolute atomic E-state index is 12.2. The van der Waals surface area contributed by atoms with E-state index in [1.54, 1.807) is 18.7 Å². The topological polar surface area (TPSA) is 66.6 Å². The predicted octanol–water partition coefficient (Wildman–Crippen LogP) is 1.31. The minimum Gasteiger partial charge on any atom is -0.386 e. The summed E-state index contributed by atoms with van der Waals surface area (Å²) in [6, 6.07) is 0. The number of hydrogen-bond acceptors (Lipinski definition) is 4. The van der Waals surface area contributed by atoms with Gasteiger partial charge in [0.25, 0.3) is 5.91 Å². The summed E-state index contributed by atoms with van der Waals surface area (Å²) in [5.41, 5.74) is 0.416. The largest absolute Gasteiger partial charge is 0.386 e. The minimum absolute atomic E-state index is 0.0982. The van der Waals surface area contributed by atoms with Gasteiger partial charge in [0.2, 0.25) is 0 Å². The van der Waals surface area contributed by atoms with Crippen LogP contribution >= 0.6 is 0 Å². The van der Waals surface area contributed by atoms with E-state index in [0.717, 1.165) is 0 Å². The molecular formula is C12H18N2O3. The van der Waals surface area contributed by atoms with Crippen LogP contribution in [0, 0.1) is 6.92 Å². The number of aryl methyl sites for hydroxylation is 1. The lowest BCUT2D eigenvalue weighted by Crippen LogP contribution is -2.61. The summed E-state index contributed by atoms with van der Waals surface area (Å²) in [4.78, 5) is 13.9. The molecule has 2 heterocycles. The molecule has 0 saturated carbocycles. The third-order valence-corrected chi connectivity index (χ3v) is 2.98. The van der Waals surface area contributed by atoms with Gasteiger partial charge in [-0.3, -0.25) is 4.79 Å². The lowest BCUT2D eigenvalue weighted by Gasteiger charge is -2.44. The standard InChI is InChI=1S/C12H18N2O3/c1-7(2)10-9(8(3)13-17-10)11(15)14-5-12(4,16)6-14/h7,16H,5-6H2,1-4H3. The van der Waals surface area contributed by atoms with Gasteiger partial charge < -0.3 is 14.5 Å². The van der Waals surface area contributed by atoms with Gasteiger partial charge in [0.1, 0.15) is 5.56 Å². The van der Waals surface area contributed by atoms with Crippen LogP contribution in [0.25, 0.3) is 0 Å². The quantitative estimate of drug-likeness (QED) is 0.843. The van der Waals surface area contributed by atoms with Crippen molar-refractivity contribution in [3.63, 3.8) is 0 Å². The molecule has 94 valence electrons. The number of aliphatic hydroxyl groups is 1. The van der Waals surface area contributed by atoms with Gasteiger partial charge in [0.05, 0.1) is 24.4 Å². The van der Waals surface area contributed by atoms with Crippen molar-refractivity contribution in [2.45, 2.75) is 39.2 Å². The molecule has 1 aliphatic heterocycles. The second-order valence-corrected chi connectivity index (χ2v) is 5.32. The molecule has 1 aromatic rings. The lowest BCUT2D eigenvalue weighted by molar-refractivity contribution is -0.0669. The number of β-amino-alcohol motifs (C(OH)–C–C–N with tert-alkyl or cyclic N) is 1. The van der Waals surface area contributed by atoms with Crippen LogP contribution in [0.15, 0.2) is 4.52 Å². The molecule has 0 spiro atoms. The van der Waals surface area contributed by atoms with Crippen LogP contribution in [0.3, 0.4) is 0 Å². The number of likely N-dealkylation sites (tertiary alicyclic amines) is 1. The Balaban J connectivity index is 2.23. The molecule has 1 amide bonds. The maximum atomic E-state index is 12.2. The fourth-order valence-electron chi connectivity index (χ4n) is 2.12. The van der Waals surface area contributed by atoms with Gasteiger partial charge in [-0.25, -0.2) is 0 Å². The van der Waals surface area contributed by atoms with Crippen LogP contribution in [-0.2, 0) is 0 Å². The van der Waals surface area contributed by atoms with Crippen molar-refractivity contribution < 1.29 is 14.4 Å². The zero-order chi connectivity index (χ0) is 12.8. The minimum atomic E-state index is -0.751. The Hall–Kier alpha value is -1.36. The van der Waals surface area contributed by atoms with Crippen LogP contribution in [0.5, 0.6) is 0 Å². The Kier molecular flexibility index (Phi) is 2.73. The first-order valence-corrected chi connectivity index (χ1v) is 5.79. The number of carbonyl (C=O) groups is 1. The second kappa shape index (κ2) is 3.84. The first-order valence-electron chi connectivity index (χ1n) is 5.79. The normalized spacial score (nSPS) is 18.4. The third-order valence-electron chi connectivity index (χ3n) is 2.98. The van der Waals surface area contributed by atoms with E-state index < -0.39 is 5.60 Å². The Morgan fingerprint density at radius 3 is 2.59 bits per heavy atom. The summed E-state index contributed by atoms with van der Waals surface area (Å²) in [6.45, 7) is 8.15. The zero-order valence-corrected chi connectivity index (χ0v) is 10.6. The first kappa shape index (κ1) is 12.1. The molecule has 1 aliphatic rings. The van der Waals surface area contributed by atoms with Gasteiger partial charge >= 0.3 is 0 Å². The van der Waals surface area contributed by atoms with E-state index in [-0.39, 0.29) is 11.8 Å². The van der Waals surface area contributed by atoms with Crippen molar-refractivity contribution in [1.82, 2.24) is 10.1 Å². The Morgan fingerprint density at radius 1 is 1.53 bits per heavy atom. The van der Waals surface area contributed by atoms with Crippen molar-refractivity contribution in [2.75, 3.05) is 13.1 Å². The molecule has 17 heavy (non-hydrogen) atoms. The van der Waals surface area contributed by atoms with E-state index in [2.05, 4.69) is 5.16 Å². The number of hydrogen-bond donors (Lipinski definition) is 1. The van der Waals surface area contributed by atoms with Crippen molar-refractivity contribution in [3.05, 3.63) is 17.0 Å². The summed E-state index contributed by atoms with van der Waals surface area (Å²) in [6.07, 6.45) is 0. The fourth-order valence-corrected chi connectivity index (χ4v) is 2.12. The Labute approximate surface area is 100 Å². The van der Waals surface area contributed by atoms with E-state index in [9.17, 15) is 9.90 Å². The molecule has 2 rings (SSSR count). The van der Waals surface area contributed by atoms with E-state index >= 15 is 0 Å². The van der Waals surface area contributed by atoms with Crippen molar-refractivity contribution in [1.29, 1.82) is 0 Å². The molecule has 0 unspecified atom stereocenters. The van der Waals surface area contributed by atoms with Crippen LogP contribution in [-0.4, -0.2) is 39.8 Å². The highest BCUT2D eigenvalue weighted by Gasteiger charge is 2.41. The average molecular weight is 238 g/mol. The van der Waals surface area contributed by atoms with Crippen LogP contribution in [0.2, 0.25) is 0 Å². The smallest absolute Gasteiger partial charge is 0.259 e. The Bertz CT molecular complexity index is 441. The Morgan fingerprint density at radius 2 is 2.12 bits per heavy atom. The highest BCUT2D eigenvalue weighted by molar-refractivity contribution is 5.97. The van der Waals surface area contributed by atoms with E-state index in [4.69, 9.17) is 4.52 Å². The highest BCUT2D eigenvalue weighted by atomic mass is 16.5. The van der Waals surface area contributed by atoms with Gasteiger partial charge in [0.15, 0.2) is 5.76 Å². The van der Waals surface area contributed by atoms with Gasteiger partial charge in [-0.2, -0.15) is 0 Å². The van der Waals surface area contributed by atoms with Crippen molar-refractivity contribution >= 4 is 5.91 Å². The third kappa shape index (κ3) is 2.07. The highest BCUT2D eigenvalue weighted by Crippen LogP contribution is 2.28. The number of nitrogens with zero attached hydrogens (tertiary/aromatic N) is 2. The molecule has 1 N–H and O–H groups in total. The molecule has 0 aromatic carbocycles.